The summed E-state index contributed by atoms with van der Waals surface area (Å²) in [6, 6.07) is 6.17. The first kappa shape index (κ1) is 11.5. The van der Waals surface area contributed by atoms with Crippen LogP contribution < -0.4 is 5.32 Å². The molecule has 2 aromatic rings. The summed E-state index contributed by atoms with van der Waals surface area (Å²) in [5.41, 5.74) is -0.0553. The van der Waals surface area contributed by atoms with Crippen molar-refractivity contribution in [1.29, 1.82) is 0 Å². The van der Waals surface area contributed by atoms with E-state index >= 15 is 0 Å². The van der Waals surface area contributed by atoms with Gasteiger partial charge in [-0.2, -0.15) is 0 Å². The number of amides is 1. The fraction of sp³-hybridized carbons (Fsp3) is 0. The van der Waals surface area contributed by atoms with Gasteiger partial charge in [0, 0.05) is 6.07 Å². The van der Waals surface area contributed by atoms with Gasteiger partial charge in [0.15, 0.2) is 11.0 Å². The van der Waals surface area contributed by atoms with E-state index in [2.05, 4.69) is 5.32 Å². The van der Waals surface area contributed by atoms with Crippen molar-refractivity contribution in [3.63, 3.8) is 0 Å². The van der Waals surface area contributed by atoms with Crippen LogP contribution >= 0.6 is 11.6 Å². The SMILES string of the molecule is O=C(Nc1ccc(O)cc1F)c1ccc(Cl)o1. The van der Waals surface area contributed by atoms with E-state index in [1.54, 1.807) is 0 Å². The molecule has 0 saturated carbocycles. The van der Waals surface area contributed by atoms with Crippen molar-refractivity contribution in [1.82, 2.24) is 0 Å². The topological polar surface area (TPSA) is 62.5 Å². The molecule has 1 heterocycles. The van der Waals surface area contributed by atoms with Crippen LogP contribution in [0.3, 0.4) is 0 Å². The quantitative estimate of drug-likeness (QED) is 0.811. The largest absolute Gasteiger partial charge is 0.508 e. The van der Waals surface area contributed by atoms with E-state index < -0.39 is 11.7 Å². The van der Waals surface area contributed by atoms with Crippen molar-refractivity contribution in [2.24, 2.45) is 0 Å². The molecule has 0 aliphatic heterocycles. The summed E-state index contributed by atoms with van der Waals surface area (Å²) < 4.78 is 18.2. The van der Waals surface area contributed by atoms with Crippen LogP contribution in [0.4, 0.5) is 10.1 Å². The van der Waals surface area contributed by atoms with Gasteiger partial charge in [-0.05, 0) is 35.9 Å². The third kappa shape index (κ3) is 2.57. The third-order valence-corrected chi connectivity index (χ3v) is 2.20. The minimum atomic E-state index is -0.740. The summed E-state index contributed by atoms with van der Waals surface area (Å²) in [4.78, 5) is 11.6. The molecular weight excluding hydrogens is 249 g/mol. The number of benzene rings is 1. The van der Waals surface area contributed by atoms with Crippen LogP contribution in [0.5, 0.6) is 5.75 Å². The molecule has 0 bridgehead atoms. The second kappa shape index (κ2) is 4.47. The highest BCUT2D eigenvalue weighted by Gasteiger charge is 2.13. The minimum absolute atomic E-state index is 0.0255. The normalized spacial score (nSPS) is 10.2. The second-order valence-electron chi connectivity index (χ2n) is 3.22. The zero-order chi connectivity index (χ0) is 12.4. The fourth-order valence-electron chi connectivity index (χ4n) is 1.23. The number of rotatable bonds is 2. The maximum atomic E-state index is 13.3. The molecule has 0 aliphatic carbocycles. The number of hydrogen-bond donors (Lipinski definition) is 2. The maximum Gasteiger partial charge on any atom is 0.291 e. The van der Waals surface area contributed by atoms with Gasteiger partial charge in [-0.15, -0.1) is 0 Å². The number of nitrogens with one attached hydrogen (secondary N) is 1. The molecule has 0 fully saturated rings. The summed E-state index contributed by atoms with van der Waals surface area (Å²) >= 11 is 5.51. The maximum absolute atomic E-state index is 13.3. The molecule has 6 heteroatoms. The summed E-state index contributed by atoms with van der Waals surface area (Å²) in [5.74, 6) is -1.61. The number of furan rings is 1. The number of halogens is 2. The van der Waals surface area contributed by atoms with Crippen molar-refractivity contribution < 1.29 is 18.7 Å². The number of aromatic hydroxyl groups is 1. The van der Waals surface area contributed by atoms with E-state index in [-0.39, 0.29) is 22.4 Å². The molecule has 17 heavy (non-hydrogen) atoms. The molecule has 4 nitrogen and oxygen atoms in total. The van der Waals surface area contributed by atoms with Gasteiger partial charge in [0.05, 0.1) is 5.69 Å². The molecule has 1 aromatic carbocycles. The molecule has 0 radical (unpaired) electrons. The molecule has 0 saturated heterocycles. The molecule has 2 rings (SSSR count). The Morgan fingerprint density at radius 1 is 1.35 bits per heavy atom. The van der Waals surface area contributed by atoms with E-state index in [0.29, 0.717) is 0 Å². The van der Waals surface area contributed by atoms with Crippen LogP contribution in [0.2, 0.25) is 5.22 Å². The van der Waals surface area contributed by atoms with Crippen LogP contribution in [-0.2, 0) is 0 Å². The molecular formula is C11H7ClFNO3. The molecule has 0 aliphatic rings. The van der Waals surface area contributed by atoms with Crippen molar-refractivity contribution in [3.05, 3.63) is 47.1 Å². The Morgan fingerprint density at radius 3 is 2.71 bits per heavy atom. The first-order valence-electron chi connectivity index (χ1n) is 4.61. The Morgan fingerprint density at radius 2 is 2.12 bits per heavy atom. The molecule has 2 N–H and O–H groups in total. The summed E-state index contributed by atoms with van der Waals surface area (Å²) in [7, 11) is 0. The standard InChI is InChI=1S/C11H7ClFNO3/c12-10-4-3-9(17-10)11(16)14-8-2-1-6(15)5-7(8)13/h1-5,15H,(H,14,16). The van der Waals surface area contributed by atoms with Crippen LogP contribution in [-0.4, -0.2) is 11.0 Å². The summed E-state index contributed by atoms with van der Waals surface area (Å²) in [6.45, 7) is 0. The number of anilines is 1. The number of hydrogen-bond acceptors (Lipinski definition) is 3. The fourth-order valence-corrected chi connectivity index (χ4v) is 1.37. The monoisotopic (exact) mass is 255 g/mol. The lowest BCUT2D eigenvalue weighted by atomic mass is 10.3. The van der Waals surface area contributed by atoms with E-state index in [4.69, 9.17) is 21.1 Å². The van der Waals surface area contributed by atoms with Crippen molar-refractivity contribution in [3.8, 4) is 5.75 Å². The van der Waals surface area contributed by atoms with Crippen molar-refractivity contribution in [2.75, 3.05) is 5.32 Å². The summed E-state index contributed by atoms with van der Waals surface area (Å²) in [6.07, 6.45) is 0. The van der Waals surface area contributed by atoms with E-state index in [1.165, 1.54) is 24.3 Å². The van der Waals surface area contributed by atoms with Crippen LogP contribution in [0.15, 0.2) is 34.7 Å². The van der Waals surface area contributed by atoms with E-state index in [9.17, 15) is 9.18 Å². The molecule has 1 aromatic heterocycles. The van der Waals surface area contributed by atoms with Gasteiger partial charge < -0.3 is 14.8 Å². The predicted octanol–water partition coefficient (Wildman–Crippen LogP) is 3.03. The number of carbonyl (C=O) groups excluding carboxylic acids is 1. The van der Waals surface area contributed by atoms with Gasteiger partial charge in [0.1, 0.15) is 11.6 Å². The Bertz CT molecular complexity index is 568. The molecule has 0 atom stereocenters. The third-order valence-electron chi connectivity index (χ3n) is 2.00. The lowest BCUT2D eigenvalue weighted by Crippen LogP contribution is -2.11. The first-order valence-corrected chi connectivity index (χ1v) is 4.99. The zero-order valence-electron chi connectivity index (χ0n) is 8.41. The van der Waals surface area contributed by atoms with E-state index in [1.807, 2.05) is 0 Å². The molecule has 88 valence electrons. The smallest absolute Gasteiger partial charge is 0.291 e. The molecule has 0 spiro atoms. The Balaban J connectivity index is 2.18. The lowest BCUT2D eigenvalue weighted by molar-refractivity contribution is 0.0996. The first-order chi connectivity index (χ1) is 8.06. The van der Waals surface area contributed by atoms with E-state index in [0.717, 1.165) is 6.07 Å². The van der Waals surface area contributed by atoms with Gasteiger partial charge in [-0.25, -0.2) is 4.39 Å². The van der Waals surface area contributed by atoms with Crippen LogP contribution in [0.25, 0.3) is 0 Å². The number of phenolic OH excluding ortho intramolecular Hbond substituents is 1. The van der Waals surface area contributed by atoms with Crippen molar-refractivity contribution >= 4 is 23.2 Å². The Hall–Kier alpha value is -2.01. The predicted molar refractivity (Wildman–Crippen MR) is 59.7 cm³/mol. The molecule has 0 unspecified atom stereocenters. The second-order valence-corrected chi connectivity index (χ2v) is 3.59. The Labute approximate surface area is 101 Å². The number of phenols is 1. The van der Waals surface area contributed by atoms with Gasteiger partial charge >= 0.3 is 0 Å². The average Bonchev–Trinajstić information content (AvgIpc) is 2.69. The Kier molecular flexibility index (Phi) is 3.01. The van der Waals surface area contributed by atoms with Crippen molar-refractivity contribution in [2.45, 2.75) is 0 Å². The molecule has 1 amide bonds. The highest BCUT2D eigenvalue weighted by molar-refractivity contribution is 6.29. The van der Waals surface area contributed by atoms with Crippen LogP contribution in [0.1, 0.15) is 10.6 Å². The summed E-state index contributed by atoms with van der Waals surface area (Å²) in [5, 5.41) is 11.4. The zero-order valence-corrected chi connectivity index (χ0v) is 9.16. The highest BCUT2D eigenvalue weighted by atomic mass is 35.5. The lowest BCUT2D eigenvalue weighted by Gasteiger charge is -2.04. The van der Waals surface area contributed by atoms with Gasteiger partial charge in [0.25, 0.3) is 5.91 Å². The van der Waals surface area contributed by atoms with Gasteiger partial charge in [-0.3, -0.25) is 4.79 Å². The minimum Gasteiger partial charge on any atom is -0.508 e. The number of carbonyl (C=O) groups is 1. The van der Waals surface area contributed by atoms with Gasteiger partial charge in [-0.1, -0.05) is 0 Å². The van der Waals surface area contributed by atoms with Gasteiger partial charge in [0.2, 0.25) is 0 Å². The average molecular weight is 256 g/mol. The highest BCUT2D eigenvalue weighted by Crippen LogP contribution is 2.21. The van der Waals surface area contributed by atoms with Crippen LogP contribution in [0, 0.1) is 5.82 Å².